The molecule has 0 atom stereocenters. The topological polar surface area (TPSA) is 46.2 Å². The summed E-state index contributed by atoms with van der Waals surface area (Å²) in [6.45, 7) is 0. The zero-order valence-corrected chi connectivity index (χ0v) is 8.36. The van der Waals surface area contributed by atoms with Gasteiger partial charge in [0, 0.05) is 0 Å². The summed E-state index contributed by atoms with van der Waals surface area (Å²) in [6.07, 6.45) is 5.84. The molecule has 0 bridgehead atoms. The Morgan fingerprint density at radius 2 is 1.92 bits per heavy atom. The molecule has 72 valence electrons. The number of nitrogens with one attached hydrogen (secondary N) is 1. The lowest BCUT2D eigenvalue weighted by molar-refractivity contribution is 0.519. The van der Waals surface area contributed by atoms with Crippen molar-refractivity contribution in [3.63, 3.8) is 0 Å². The first kappa shape index (κ1) is 9.99. The Bertz CT molecular complexity index is 217. The summed E-state index contributed by atoms with van der Waals surface area (Å²) in [7, 11) is -1.48. The van der Waals surface area contributed by atoms with E-state index in [0.717, 1.165) is 6.42 Å². The lowest BCUT2D eigenvalue weighted by atomic mass is 10.1. The Hall–Kier alpha value is -0.0900. The van der Waals surface area contributed by atoms with Crippen LogP contribution in [0.4, 0.5) is 0 Å². The summed E-state index contributed by atoms with van der Waals surface area (Å²) < 4.78 is 24.4. The molecule has 0 unspecified atom stereocenters. The summed E-state index contributed by atoms with van der Waals surface area (Å²) in [5, 5.41) is 0. The molecule has 1 rings (SSSR count). The average molecular weight is 191 g/mol. The number of hydrogen-bond acceptors (Lipinski definition) is 2. The van der Waals surface area contributed by atoms with E-state index in [2.05, 4.69) is 4.72 Å². The van der Waals surface area contributed by atoms with Crippen LogP contribution in [0, 0.1) is 5.92 Å². The molecule has 3 nitrogen and oxygen atoms in total. The lowest BCUT2D eigenvalue weighted by Gasteiger charge is -2.07. The van der Waals surface area contributed by atoms with Crippen molar-refractivity contribution in [2.75, 3.05) is 12.8 Å². The van der Waals surface area contributed by atoms with Crippen LogP contribution in [-0.4, -0.2) is 21.2 Å². The highest BCUT2D eigenvalue weighted by atomic mass is 32.2. The van der Waals surface area contributed by atoms with E-state index >= 15 is 0 Å². The van der Waals surface area contributed by atoms with Gasteiger partial charge >= 0.3 is 0 Å². The van der Waals surface area contributed by atoms with E-state index in [1.165, 1.54) is 32.7 Å². The number of rotatable bonds is 4. The summed E-state index contributed by atoms with van der Waals surface area (Å²) in [4.78, 5) is 0. The molecule has 0 aromatic carbocycles. The molecule has 1 aliphatic carbocycles. The van der Waals surface area contributed by atoms with Gasteiger partial charge in [-0.1, -0.05) is 25.7 Å². The first-order valence-electron chi connectivity index (χ1n) is 4.55. The molecule has 0 aromatic rings. The van der Waals surface area contributed by atoms with E-state index < -0.39 is 10.0 Å². The van der Waals surface area contributed by atoms with Gasteiger partial charge in [0.25, 0.3) is 0 Å². The quantitative estimate of drug-likeness (QED) is 0.723. The first-order valence-corrected chi connectivity index (χ1v) is 6.20. The Kier molecular flexibility index (Phi) is 3.53. The third-order valence-corrected chi connectivity index (χ3v) is 3.98. The molecule has 4 heteroatoms. The monoisotopic (exact) mass is 191 g/mol. The Labute approximate surface area is 74.6 Å². The van der Waals surface area contributed by atoms with Gasteiger partial charge < -0.3 is 0 Å². The van der Waals surface area contributed by atoms with Crippen LogP contribution in [0.5, 0.6) is 0 Å². The van der Waals surface area contributed by atoms with E-state index in [1.807, 2.05) is 0 Å². The van der Waals surface area contributed by atoms with Crippen molar-refractivity contribution in [1.82, 2.24) is 4.72 Å². The normalized spacial score (nSPS) is 20.1. The minimum Gasteiger partial charge on any atom is -0.218 e. The molecular formula is C8H17NO2S. The summed E-state index contributed by atoms with van der Waals surface area (Å²) in [6, 6.07) is 0. The van der Waals surface area contributed by atoms with Crippen molar-refractivity contribution in [3.8, 4) is 0 Å². The molecule has 0 heterocycles. The van der Waals surface area contributed by atoms with Gasteiger partial charge in [0.15, 0.2) is 0 Å². The lowest BCUT2D eigenvalue weighted by Crippen LogP contribution is -2.23. The zero-order valence-electron chi connectivity index (χ0n) is 7.54. The summed E-state index contributed by atoms with van der Waals surface area (Å²) >= 11 is 0. The third kappa shape index (κ3) is 3.11. The van der Waals surface area contributed by atoms with Crippen LogP contribution in [0.15, 0.2) is 0 Å². The van der Waals surface area contributed by atoms with Crippen LogP contribution in [-0.2, 0) is 10.0 Å². The van der Waals surface area contributed by atoms with E-state index in [4.69, 9.17) is 0 Å². The Morgan fingerprint density at radius 3 is 2.42 bits per heavy atom. The summed E-state index contributed by atoms with van der Waals surface area (Å²) in [5.74, 6) is 0.960. The van der Waals surface area contributed by atoms with Crippen molar-refractivity contribution in [2.24, 2.45) is 5.92 Å². The maximum absolute atomic E-state index is 11.0. The van der Waals surface area contributed by atoms with E-state index in [-0.39, 0.29) is 0 Å². The molecular weight excluding hydrogens is 174 g/mol. The number of hydrogen-bond donors (Lipinski definition) is 1. The van der Waals surface area contributed by atoms with Crippen molar-refractivity contribution in [2.45, 2.75) is 32.1 Å². The molecule has 0 spiro atoms. The SMILES string of the molecule is CNS(=O)(=O)CCC1CCCC1. The maximum atomic E-state index is 11.0. The molecule has 1 N–H and O–H groups in total. The fourth-order valence-corrected chi connectivity index (χ4v) is 2.57. The molecule has 12 heavy (non-hydrogen) atoms. The molecule has 0 aromatic heterocycles. The molecule has 0 radical (unpaired) electrons. The van der Waals surface area contributed by atoms with Crippen LogP contribution in [0.1, 0.15) is 32.1 Å². The fourth-order valence-electron chi connectivity index (χ4n) is 1.72. The standard InChI is InChI=1S/C8H17NO2S/c1-9-12(10,11)7-6-8-4-2-3-5-8/h8-9H,2-7H2,1H3. The third-order valence-electron chi connectivity index (χ3n) is 2.58. The van der Waals surface area contributed by atoms with Gasteiger partial charge in [0.1, 0.15) is 0 Å². The van der Waals surface area contributed by atoms with Crippen LogP contribution < -0.4 is 4.72 Å². The van der Waals surface area contributed by atoms with E-state index in [0.29, 0.717) is 11.7 Å². The molecule has 0 saturated heterocycles. The molecule has 0 amide bonds. The van der Waals surface area contributed by atoms with Crippen molar-refractivity contribution < 1.29 is 8.42 Å². The highest BCUT2D eigenvalue weighted by Gasteiger charge is 2.17. The predicted octanol–water partition coefficient (Wildman–Crippen LogP) is 1.12. The molecule has 1 saturated carbocycles. The second-order valence-corrected chi connectivity index (χ2v) is 5.51. The van der Waals surface area contributed by atoms with Crippen LogP contribution >= 0.6 is 0 Å². The molecule has 0 aliphatic heterocycles. The Morgan fingerprint density at radius 1 is 1.33 bits per heavy atom. The average Bonchev–Trinajstić information content (AvgIpc) is 2.53. The largest absolute Gasteiger partial charge is 0.218 e. The summed E-state index contributed by atoms with van der Waals surface area (Å²) in [5.41, 5.74) is 0. The first-order chi connectivity index (χ1) is 5.64. The van der Waals surface area contributed by atoms with Gasteiger partial charge in [0.05, 0.1) is 5.75 Å². The second kappa shape index (κ2) is 4.23. The minimum atomic E-state index is -2.96. The van der Waals surface area contributed by atoms with Crippen LogP contribution in [0.3, 0.4) is 0 Å². The van der Waals surface area contributed by atoms with Crippen LogP contribution in [0.2, 0.25) is 0 Å². The minimum absolute atomic E-state index is 0.300. The Balaban J connectivity index is 2.25. The maximum Gasteiger partial charge on any atom is 0.211 e. The van der Waals surface area contributed by atoms with Gasteiger partial charge in [-0.25, -0.2) is 13.1 Å². The van der Waals surface area contributed by atoms with Gasteiger partial charge in [-0.2, -0.15) is 0 Å². The van der Waals surface area contributed by atoms with Crippen molar-refractivity contribution >= 4 is 10.0 Å². The van der Waals surface area contributed by atoms with Gasteiger partial charge in [-0.05, 0) is 19.4 Å². The molecule has 1 fully saturated rings. The van der Waals surface area contributed by atoms with Crippen LogP contribution in [0.25, 0.3) is 0 Å². The van der Waals surface area contributed by atoms with E-state index in [9.17, 15) is 8.42 Å². The van der Waals surface area contributed by atoms with Crippen molar-refractivity contribution in [1.29, 1.82) is 0 Å². The fraction of sp³-hybridized carbons (Fsp3) is 1.00. The second-order valence-electron chi connectivity index (χ2n) is 3.46. The molecule has 1 aliphatic rings. The van der Waals surface area contributed by atoms with Gasteiger partial charge in [-0.15, -0.1) is 0 Å². The highest BCUT2D eigenvalue weighted by molar-refractivity contribution is 7.89. The van der Waals surface area contributed by atoms with Gasteiger partial charge in [0.2, 0.25) is 10.0 Å². The zero-order chi connectivity index (χ0) is 9.03. The van der Waals surface area contributed by atoms with E-state index in [1.54, 1.807) is 0 Å². The van der Waals surface area contributed by atoms with Crippen molar-refractivity contribution in [3.05, 3.63) is 0 Å². The predicted molar refractivity (Wildman–Crippen MR) is 49.4 cm³/mol. The van der Waals surface area contributed by atoms with Gasteiger partial charge in [-0.3, -0.25) is 0 Å². The smallest absolute Gasteiger partial charge is 0.211 e. The highest BCUT2D eigenvalue weighted by Crippen LogP contribution is 2.27. The number of sulfonamides is 1.